The second-order valence-corrected chi connectivity index (χ2v) is 5.93. The number of carbonyl (C=O) groups excluding carboxylic acids is 1. The molecule has 112 valence electrons. The summed E-state index contributed by atoms with van der Waals surface area (Å²) in [5.74, 6) is -0.140. The number of rotatable bonds is 5. The molecule has 7 heteroatoms. The third-order valence-electron chi connectivity index (χ3n) is 2.97. The second-order valence-electron chi connectivity index (χ2n) is 4.61. The summed E-state index contributed by atoms with van der Waals surface area (Å²) in [6.45, 7) is 2.37. The molecule has 0 aliphatic heterocycles. The fraction of sp³-hybridized carbons (Fsp3) is 0.357. The van der Waals surface area contributed by atoms with Crippen LogP contribution in [-0.4, -0.2) is 34.9 Å². The Morgan fingerprint density at radius 2 is 2.29 bits per heavy atom. The maximum atomic E-state index is 12.3. The number of amides is 1. The highest BCUT2D eigenvalue weighted by molar-refractivity contribution is 7.09. The number of ether oxygens (including phenoxy) is 1. The summed E-state index contributed by atoms with van der Waals surface area (Å²) < 4.78 is 5.23. The van der Waals surface area contributed by atoms with Crippen LogP contribution in [0.4, 0.5) is 0 Å². The van der Waals surface area contributed by atoms with Crippen LogP contribution in [0.1, 0.15) is 34.1 Å². The van der Waals surface area contributed by atoms with Crippen molar-refractivity contribution in [1.82, 2.24) is 14.9 Å². The van der Waals surface area contributed by atoms with Crippen LogP contribution in [0.5, 0.6) is 0 Å². The van der Waals surface area contributed by atoms with Gasteiger partial charge in [0.25, 0.3) is 5.91 Å². The summed E-state index contributed by atoms with van der Waals surface area (Å²) in [7, 11) is 3.37. The van der Waals surface area contributed by atoms with Crippen molar-refractivity contribution in [2.75, 3.05) is 14.2 Å². The largest absolute Gasteiger partial charge is 0.375 e. The normalized spacial score (nSPS) is 12.2. The molecule has 0 aliphatic carbocycles. The molecular formula is C14H16ClN3O2S. The molecule has 1 unspecified atom stereocenters. The average molecular weight is 326 g/mol. The van der Waals surface area contributed by atoms with Crippen molar-refractivity contribution in [3.8, 4) is 0 Å². The third kappa shape index (κ3) is 4.00. The van der Waals surface area contributed by atoms with E-state index in [0.717, 1.165) is 10.7 Å². The van der Waals surface area contributed by atoms with Crippen LogP contribution in [0.3, 0.4) is 0 Å². The summed E-state index contributed by atoms with van der Waals surface area (Å²) in [5, 5.41) is 3.28. The Bertz CT molecular complexity index is 632. The Labute approximate surface area is 132 Å². The zero-order chi connectivity index (χ0) is 15.4. The number of carbonyl (C=O) groups is 1. The van der Waals surface area contributed by atoms with Crippen LogP contribution in [0.2, 0.25) is 5.02 Å². The highest BCUT2D eigenvalue weighted by atomic mass is 35.5. The van der Waals surface area contributed by atoms with Gasteiger partial charge in [-0.2, -0.15) is 0 Å². The van der Waals surface area contributed by atoms with Gasteiger partial charge in [0, 0.05) is 31.9 Å². The van der Waals surface area contributed by atoms with Gasteiger partial charge >= 0.3 is 0 Å². The highest BCUT2D eigenvalue weighted by Crippen LogP contribution is 2.21. The Balaban J connectivity index is 2.05. The van der Waals surface area contributed by atoms with Crippen molar-refractivity contribution in [3.63, 3.8) is 0 Å². The van der Waals surface area contributed by atoms with Crippen molar-refractivity contribution >= 4 is 28.8 Å². The summed E-state index contributed by atoms with van der Waals surface area (Å²) in [5.41, 5.74) is 1.30. The number of hydrogen-bond donors (Lipinski definition) is 0. The summed E-state index contributed by atoms with van der Waals surface area (Å²) in [6, 6.07) is 1.60. The number of thiazole rings is 1. The third-order valence-corrected chi connectivity index (χ3v) is 4.23. The maximum absolute atomic E-state index is 12.3. The van der Waals surface area contributed by atoms with Crippen molar-refractivity contribution < 1.29 is 9.53 Å². The van der Waals surface area contributed by atoms with Gasteiger partial charge < -0.3 is 9.64 Å². The lowest BCUT2D eigenvalue weighted by atomic mass is 10.2. The first-order valence-electron chi connectivity index (χ1n) is 6.34. The SMILES string of the molecule is COC(C)c1nc(CN(C)C(=O)c2cncc(Cl)c2)cs1. The van der Waals surface area contributed by atoms with Gasteiger partial charge in [0.1, 0.15) is 11.1 Å². The van der Waals surface area contributed by atoms with Crippen LogP contribution in [-0.2, 0) is 11.3 Å². The summed E-state index contributed by atoms with van der Waals surface area (Å²) >= 11 is 7.38. The molecule has 2 aromatic heterocycles. The van der Waals surface area contributed by atoms with Crippen LogP contribution < -0.4 is 0 Å². The molecule has 2 heterocycles. The Hall–Kier alpha value is -1.50. The molecule has 5 nitrogen and oxygen atoms in total. The van der Waals surface area contributed by atoms with Crippen LogP contribution in [0, 0.1) is 0 Å². The van der Waals surface area contributed by atoms with Gasteiger partial charge in [0.05, 0.1) is 22.8 Å². The molecule has 1 atom stereocenters. The van der Waals surface area contributed by atoms with Gasteiger partial charge in [0.15, 0.2) is 0 Å². The molecular weight excluding hydrogens is 310 g/mol. The van der Waals surface area contributed by atoms with E-state index in [1.54, 1.807) is 25.1 Å². The van der Waals surface area contributed by atoms with Gasteiger partial charge in [-0.25, -0.2) is 4.98 Å². The number of aromatic nitrogens is 2. The molecule has 0 saturated heterocycles. The molecule has 0 bridgehead atoms. The molecule has 0 N–H and O–H groups in total. The van der Waals surface area contributed by atoms with Crippen molar-refractivity contribution in [1.29, 1.82) is 0 Å². The molecule has 21 heavy (non-hydrogen) atoms. The summed E-state index contributed by atoms with van der Waals surface area (Å²) in [6.07, 6.45) is 2.96. The van der Waals surface area contributed by atoms with Gasteiger partial charge in [-0.1, -0.05) is 11.6 Å². The minimum absolute atomic E-state index is 0.0399. The molecule has 0 fully saturated rings. The minimum Gasteiger partial charge on any atom is -0.375 e. The van der Waals surface area contributed by atoms with Gasteiger partial charge in [-0.05, 0) is 13.0 Å². The first-order valence-corrected chi connectivity index (χ1v) is 7.60. The minimum atomic E-state index is -0.140. The summed E-state index contributed by atoms with van der Waals surface area (Å²) in [4.78, 5) is 22.3. The zero-order valence-electron chi connectivity index (χ0n) is 12.0. The Kier molecular flexibility index (Phi) is 5.27. The Morgan fingerprint density at radius 1 is 1.52 bits per heavy atom. The van der Waals surface area contributed by atoms with Crippen molar-refractivity contribution in [3.05, 3.63) is 45.1 Å². The predicted octanol–water partition coefficient (Wildman–Crippen LogP) is 3.17. The molecule has 2 rings (SSSR count). The van der Waals surface area contributed by atoms with Gasteiger partial charge in [0.2, 0.25) is 0 Å². The molecule has 0 saturated carbocycles. The zero-order valence-corrected chi connectivity index (χ0v) is 13.6. The number of halogens is 1. The predicted molar refractivity (Wildman–Crippen MR) is 82.6 cm³/mol. The fourth-order valence-electron chi connectivity index (χ4n) is 1.75. The fourth-order valence-corrected chi connectivity index (χ4v) is 2.76. The van der Waals surface area contributed by atoms with E-state index in [9.17, 15) is 4.79 Å². The van der Waals surface area contributed by atoms with Gasteiger partial charge in [-0.15, -0.1) is 11.3 Å². The van der Waals surface area contributed by atoms with E-state index in [4.69, 9.17) is 16.3 Å². The first kappa shape index (κ1) is 15.9. The molecule has 0 aromatic carbocycles. The number of hydrogen-bond acceptors (Lipinski definition) is 5. The Morgan fingerprint density at radius 3 is 2.95 bits per heavy atom. The maximum Gasteiger partial charge on any atom is 0.255 e. The highest BCUT2D eigenvalue weighted by Gasteiger charge is 2.15. The van der Waals surface area contributed by atoms with E-state index in [1.165, 1.54) is 23.7 Å². The molecule has 2 aromatic rings. The standard InChI is InChI=1S/C14H16ClN3O2S/c1-9(20-3)13-17-12(8-21-13)7-18(2)14(19)10-4-11(15)6-16-5-10/h4-6,8-9H,7H2,1-3H3. The van der Waals surface area contributed by atoms with E-state index in [1.807, 2.05) is 12.3 Å². The average Bonchev–Trinajstić information content (AvgIpc) is 2.94. The van der Waals surface area contributed by atoms with E-state index in [-0.39, 0.29) is 12.0 Å². The quantitative estimate of drug-likeness (QED) is 0.847. The van der Waals surface area contributed by atoms with E-state index in [2.05, 4.69) is 9.97 Å². The van der Waals surface area contributed by atoms with E-state index >= 15 is 0 Å². The van der Waals surface area contributed by atoms with E-state index < -0.39 is 0 Å². The van der Waals surface area contributed by atoms with Gasteiger partial charge in [-0.3, -0.25) is 9.78 Å². The number of pyridine rings is 1. The molecule has 1 amide bonds. The van der Waals surface area contributed by atoms with Crippen LogP contribution in [0.15, 0.2) is 23.8 Å². The molecule has 0 radical (unpaired) electrons. The lowest BCUT2D eigenvalue weighted by molar-refractivity contribution is 0.0783. The van der Waals surface area contributed by atoms with Crippen molar-refractivity contribution in [2.24, 2.45) is 0 Å². The monoisotopic (exact) mass is 325 g/mol. The lowest BCUT2D eigenvalue weighted by Crippen LogP contribution is -2.26. The number of methoxy groups -OCH3 is 1. The van der Waals surface area contributed by atoms with Crippen LogP contribution in [0.25, 0.3) is 0 Å². The topological polar surface area (TPSA) is 55.3 Å². The van der Waals surface area contributed by atoms with Crippen molar-refractivity contribution in [2.45, 2.75) is 19.6 Å². The molecule has 0 spiro atoms. The van der Waals surface area contributed by atoms with E-state index in [0.29, 0.717) is 17.1 Å². The second kappa shape index (κ2) is 6.98. The first-order chi connectivity index (χ1) is 10.0. The molecule has 0 aliphatic rings. The smallest absolute Gasteiger partial charge is 0.255 e. The lowest BCUT2D eigenvalue weighted by Gasteiger charge is -2.15. The number of nitrogens with zero attached hydrogens (tertiary/aromatic N) is 3. The van der Waals surface area contributed by atoms with Crippen LogP contribution >= 0.6 is 22.9 Å².